The third-order valence-electron chi connectivity index (χ3n) is 3.46. The molecule has 0 radical (unpaired) electrons. The summed E-state index contributed by atoms with van der Waals surface area (Å²) >= 11 is 0. The van der Waals surface area contributed by atoms with Crippen LogP contribution in [0.3, 0.4) is 0 Å². The van der Waals surface area contributed by atoms with E-state index in [4.69, 9.17) is 9.47 Å². The van der Waals surface area contributed by atoms with Crippen LogP contribution < -0.4 is 0 Å². The van der Waals surface area contributed by atoms with Gasteiger partial charge in [0.05, 0.1) is 12.2 Å². The normalized spacial score (nSPS) is 34.9. The summed E-state index contributed by atoms with van der Waals surface area (Å²) in [4.78, 5) is 0. The molecule has 1 saturated heterocycles. The summed E-state index contributed by atoms with van der Waals surface area (Å²) in [6.45, 7) is 14.6. The lowest BCUT2D eigenvalue weighted by Crippen LogP contribution is -2.49. The van der Waals surface area contributed by atoms with E-state index >= 15 is 0 Å². The summed E-state index contributed by atoms with van der Waals surface area (Å²) in [5.41, 5.74) is 2.55. The average Bonchev–Trinajstić information content (AvgIpc) is 2.22. The van der Waals surface area contributed by atoms with Gasteiger partial charge in [-0.05, 0) is 47.1 Å². The lowest BCUT2D eigenvalue weighted by molar-refractivity contribution is -0.307. The zero-order chi connectivity index (χ0) is 13.2. The van der Waals surface area contributed by atoms with Gasteiger partial charge in [0.1, 0.15) is 0 Å². The topological polar surface area (TPSA) is 18.5 Å². The van der Waals surface area contributed by atoms with E-state index in [2.05, 4.69) is 46.8 Å². The zero-order valence-corrected chi connectivity index (χ0v) is 12.2. The fraction of sp³-hybridized carbons (Fsp3) is 0.733. The van der Waals surface area contributed by atoms with Crippen LogP contribution in [-0.2, 0) is 9.47 Å². The lowest BCUT2D eigenvalue weighted by Gasteiger charge is -2.44. The largest absolute Gasteiger partial charge is 0.347 e. The average molecular weight is 238 g/mol. The third kappa shape index (κ3) is 3.68. The highest BCUT2D eigenvalue weighted by Gasteiger charge is 2.39. The van der Waals surface area contributed by atoms with E-state index in [1.54, 1.807) is 0 Å². The van der Waals surface area contributed by atoms with Crippen LogP contribution in [0.15, 0.2) is 23.3 Å². The van der Waals surface area contributed by atoms with E-state index in [-0.39, 0.29) is 12.2 Å². The van der Waals surface area contributed by atoms with Gasteiger partial charge < -0.3 is 9.47 Å². The lowest BCUT2D eigenvalue weighted by atomic mass is 9.91. The standard InChI is InChI=1S/C15H26O2/c1-8-10(2)9-11(3)14-12(4)13(5)16-15(6,7)17-14/h8-9,12-14H,1-7H3/b10-8+,11-9+/t12-,13+,14-/m1/s1. The quantitative estimate of drug-likeness (QED) is 0.675. The fourth-order valence-electron chi connectivity index (χ4n) is 2.27. The Balaban J connectivity index is 2.91. The van der Waals surface area contributed by atoms with Gasteiger partial charge in [-0.3, -0.25) is 0 Å². The Morgan fingerprint density at radius 2 is 1.71 bits per heavy atom. The molecule has 0 bridgehead atoms. The first-order valence-electron chi connectivity index (χ1n) is 6.43. The maximum absolute atomic E-state index is 6.05. The molecule has 2 nitrogen and oxygen atoms in total. The Kier molecular flexibility index (Phi) is 4.56. The van der Waals surface area contributed by atoms with Crippen LogP contribution in [0.1, 0.15) is 48.5 Å². The van der Waals surface area contributed by atoms with Gasteiger partial charge in [-0.2, -0.15) is 0 Å². The van der Waals surface area contributed by atoms with Crippen molar-refractivity contribution in [2.24, 2.45) is 5.92 Å². The van der Waals surface area contributed by atoms with Gasteiger partial charge in [0.25, 0.3) is 0 Å². The van der Waals surface area contributed by atoms with E-state index < -0.39 is 5.79 Å². The van der Waals surface area contributed by atoms with Gasteiger partial charge in [0.15, 0.2) is 5.79 Å². The van der Waals surface area contributed by atoms with E-state index in [1.165, 1.54) is 11.1 Å². The second-order valence-electron chi connectivity index (χ2n) is 5.54. The molecule has 1 rings (SSSR count). The Hall–Kier alpha value is -0.600. The molecule has 1 fully saturated rings. The van der Waals surface area contributed by atoms with Gasteiger partial charge in [-0.1, -0.05) is 24.6 Å². The summed E-state index contributed by atoms with van der Waals surface area (Å²) in [7, 11) is 0. The van der Waals surface area contributed by atoms with E-state index in [9.17, 15) is 0 Å². The molecule has 3 atom stereocenters. The van der Waals surface area contributed by atoms with E-state index in [1.807, 2.05) is 13.8 Å². The molecular formula is C15H26O2. The third-order valence-corrected chi connectivity index (χ3v) is 3.46. The first kappa shape index (κ1) is 14.5. The highest BCUT2D eigenvalue weighted by atomic mass is 16.7. The van der Waals surface area contributed by atoms with Crippen molar-refractivity contribution < 1.29 is 9.47 Å². The molecule has 1 heterocycles. The minimum Gasteiger partial charge on any atom is -0.347 e. The van der Waals surface area contributed by atoms with Crippen molar-refractivity contribution in [3.8, 4) is 0 Å². The first-order chi connectivity index (χ1) is 7.76. The van der Waals surface area contributed by atoms with Crippen molar-refractivity contribution in [1.82, 2.24) is 0 Å². The second kappa shape index (κ2) is 5.36. The molecule has 98 valence electrons. The van der Waals surface area contributed by atoms with Gasteiger partial charge in [-0.15, -0.1) is 0 Å². The number of hydrogen-bond donors (Lipinski definition) is 0. The number of hydrogen-bond acceptors (Lipinski definition) is 2. The van der Waals surface area contributed by atoms with Crippen molar-refractivity contribution in [2.75, 3.05) is 0 Å². The molecule has 0 unspecified atom stereocenters. The Labute approximate surface area is 106 Å². The molecule has 0 saturated carbocycles. The van der Waals surface area contributed by atoms with Crippen LogP contribution in [0.25, 0.3) is 0 Å². The molecule has 0 amide bonds. The minimum absolute atomic E-state index is 0.142. The molecule has 0 N–H and O–H groups in total. The van der Waals surface area contributed by atoms with Crippen LogP contribution in [-0.4, -0.2) is 18.0 Å². The molecule has 0 aromatic rings. The molecule has 1 aliphatic heterocycles. The van der Waals surface area contributed by atoms with Gasteiger partial charge in [-0.25, -0.2) is 0 Å². The Morgan fingerprint density at radius 1 is 1.12 bits per heavy atom. The van der Waals surface area contributed by atoms with E-state index in [0.717, 1.165) is 0 Å². The Bertz CT molecular complexity index is 326. The number of rotatable bonds is 2. The fourth-order valence-corrected chi connectivity index (χ4v) is 2.27. The van der Waals surface area contributed by atoms with Crippen LogP contribution in [0.2, 0.25) is 0 Å². The molecule has 17 heavy (non-hydrogen) atoms. The van der Waals surface area contributed by atoms with Crippen LogP contribution in [0, 0.1) is 5.92 Å². The van der Waals surface area contributed by atoms with Crippen molar-refractivity contribution in [3.05, 3.63) is 23.3 Å². The molecule has 0 spiro atoms. The maximum Gasteiger partial charge on any atom is 0.163 e. The molecule has 2 heteroatoms. The first-order valence-corrected chi connectivity index (χ1v) is 6.43. The Morgan fingerprint density at radius 3 is 2.24 bits per heavy atom. The molecule has 1 aliphatic rings. The van der Waals surface area contributed by atoms with E-state index in [0.29, 0.717) is 5.92 Å². The van der Waals surface area contributed by atoms with Crippen molar-refractivity contribution in [1.29, 1.82) is 0 Å². The van der Waals surface area contributed by atoms with Crippen LogP contribution in [0.4, 0.5) is 0 Å². The van der Waals surface area contributed by atoms with Gasteiger partial charge >= 0.3 is 0 Å². The predicted molar refractivity (Wildman–Crippen MR) is 71.9 cm³/mol. The SMILES string of the molecule is C/C=C(C)/C=C(\C)[C@H]1OC(C)(C)O[C@@H](C)[C@H]1C. The molecule has 0 aromatic carbocycles. The summed E-state index contributed by atoms with van der Waals surface area (Å²) in [5.74, 6) is -0.112. The van der Waals surface area contributed by atoms with Crippen LogP contribution >= 0.6 is 0 Å². The second-order valence-corrected chi connectivity index (χ2v) is 5.54. The molecule has 0 aliphatic carbocycles. The molecular weight excluding hydrogens is 212 g/mol. The van der Waals surface area contributed by atoms with Crippen molar-refractivity contribution in [3.63, 3.8) is 0 Å². The summed E-state index contributed by atoms with van der Waals surface area (Å²) < 4.78 is 11.9. The highest BCUT2D eigenvalue weighted by molar-refractivity contribution is 5.23. The predicted octanol–water partition coefficient (Wildman–Crippen LogP) is 4.08. The number of ether oxygens (including phenoxy) is 2. The molecule has 0 aromatic heterocycles. The smallest absolute Gasteiger partial charge is 0.163 e. The highest BCUT2D eigenvalue weighted by Crippen LogP contribution is 2.34. The maximum atomic E-state index is 6.05. The minimum atomic E-state index is -0.491. The number of allylic oxidation sites excluding steroid dienone is 3. The summed E-state index contributed by atoms with van der Waals surface area (Å²) in [5, 5.41) is 0. The monoisotopic (exact) mass is 238 g/mol. The van der Waals surface area contributed by atoms with Crippen molar-refractivity contribution >= 4 is 0 Å². The summed E-state index contributed by atoms with van der Waals surface area (Å²) in [6, 6.07) is 0. The zero-order valence-electron chi connectivity index (χ0n) is 12.2. The summed E-state index contributed by atoms with van der Waals surface area (Å²) in [6.07, 6.45) is 4.68. The van der Waals surface area contributed by atoms with Crippen molar-refractivity contribution in [2.45, 2.75) is 66.5 Å². The van der Waals surface area contributed by atoms with Crippen LogP contribution in [0.5, 0.6) is 0 Å². The van der Waals surface area contributed by atoms with Gasteiger partial charge in [0, 0.05) is 5.92 Å². The van der Waals surface area contributed by atoms with Gasteiger partial charge in [0.2, 0.25) is 0 Å².